The van der Waals surface area contributed by atoms with Crippen molar-refractivity contribution in [2.75, 3.05) is 7.11 Å². The van der Waals surface area contributed by atoms with Crippen LogP contribution in [0.5, 0.6) is 5.75 Å². The van der Waals surface area contributed by atoms with E-state index >= 15 is 0 Å². The second-order valence-electron chi connectivity index (χ2n) is 5.72. The minimum Gasteiger partial charge on any atom is -0.489 e. The molecular weight excluding hydrogens is 290 g/mol. The van der Waals surface area contributed by atoms with E-state index in [-0.39, 0.29) is 18.1 Å². The van der Waals surface area contributed by atoms with Crippen molar-refractivity contribution in [1.82, 2.24) is 5.32 Å². The molecule has 0 saturated carbocycles. The third-order valence-electron chi connectivity index (χ3n) is 4.16. The number of carbonyl (C=O) groups is 1. The number of hydrogen-bond acceptors (Lipinski definition) is 4. The van der Waals surface area contributed by atoms with Crippen molar-refractivity contribution in [3.63, 3.8) is 0 Å². The Hall–Kier alpha value is -2.33. The van der Waals surface area contributed by atoms with E-state index in [0.717, 1.165) is 24.2 Å². The first-order chi connectivity index (χ1) is 11.3. The summed E-state index contributed by atoms with van der Waals surface area (Å²) in [5.74, 6) is 0.662. The average molecular weight is 311 g/mol. The Morgan fingerprint density at radius 2 is 1.83 bits per heavy atom. The van der Waals surface area contributed by atoms with Gasteiger partial charge in [0.25, 0.3) is 0 Å². The molecule has 0 aromatic heterocycles. The van der Waals surface area contributed by atoms with Crippen molar-refractivity contribution in [2.24, 2.45) is 0 Å². The van der Waals surface area contributed by atoms with Gasteiger partial charge in [-0.25, -0.2) is 0 Å². The summed E-state index contributed by atoms with van der Waals surface area (Å²) in [6.07, 6.45) is 1.74. The monoisotopic (exact) mass is 311 g/mol. The van der Waals surface area contributed by atoms with Gasteiger partial charge < -0.3 is 9.47 Å². The number of ether oxygens (including phenoxy) is 2. The number of esters is 1. The van der Waals surface area contributed by atoms with Crippen LogP contribution < -0.4 is 10.1 Å². The van der Waals surface area contributed by atoms with Crippen molar-refractivity contribution in [2.45, 2.75) is 31.5 Å². The van der Waals surface area contributed by atoms with Gasteiger partial charge in [-0.15, -0.1) is 0 Å². The van der Waals surface area contributed by atoms with Gasteiger partial charge in [-0.3, -0.25) is 10.1 Å². The highest BCUT2D eigenvalue weighted by atomic mass is 16.5. The SMILES string of the molecule is COC(=O)C1CCC(c2ccc(OCc3ccccc3)cc2)N1. The maximum absolute atomic E-state index is 11.6. The zero-order valence-electron chi connectivity index (χ0n) is 13.2. The van der Waals surface area contributed by atoms with Gasteiger partial charge in [0, 0.05) is 6.04 Å². The lowest BCUT2D eigenvalue weighted by molar-refractivity contribution is -0.142. The highest BCUT2D eigenvalue weighted by molar-refractivity contribution is 5.76. The molecule has 0 amide bonds. The molecule has 0 radical (unpaired) electrons. The average Bonchev–Trinajstić information content (AvgIpc) is 3.11. The topological polar surface area (TPSA) is 47.6 Å². The molecule has 2 aromatic carbocycles. The molecule has 4 nitrogen and oxygen atoms in total. The fourth-order valence-corrected chi connectivity index (χ4v) is 2.87. The van der Waals surface area contributed by atoms with Crippen LogP contribution in [0.1, 0.15) is 30.0 Å². The van der Waals surface area contributed by atoms with Crippen molar-refractivity contribution < 1.29 is 14.3 Å². The molecule has 1 heterocycles. The van der Waals surface area contributed by atoms with E-state index in [1.54, 1.807) is 0 Å². The Balaban J connectivity index is 1.56. The third kappa shape index (κ3) is 3.90. The number of hydrogen-bond donors (Lipinski definition) is 1. The quantitative estimate of drug-likeness (QED) is 0.861. The zero-order valence-corrected chi connectivity index (χ0v) is 13.2. The van der Waals surface area contributed by atoms with E-state index in [9.17, 15) is 4.79 Å². The van der Waals surface area contributed by atoms with Gasteiger partial charge in [-0.05, 0) is 36.1 Å². The standard InChI is InChI=1S/C19H21NO3/c1-22-19(21)18-12-11-17(20-18)15-7-9-16(10-8-15)23-13-14-5-3-2-4-6-14/h2-10,17-18,20H,11-13H2,1H3. The fourth-order valence-electron chi connectivity index (χ4n) is 2.87. The molecule has 0 spiro atoms. The molecule has 1 aliphatic heterocycles. The van der Waals surface area contributed by atoms with Crippen LogP contribution in [-0.2, 0) is 16.1 Å². The molecule has 3 rings (SSSR count). The molecule has 0 bridgehead atoms. The Labute approximate surface area is 136 Å². The highest BCUT2D eigenvalue weighted by Crippen LogP contribution is 2.28. The van der Waals surface area contributed by atoms with E-state index < -0.39 is 0 Å². The Morgan fingerprint density at radius 3 is 2.52 bits per heavy atom. The summed E-state index contributed by atoms with van der Waals surface area (Å²) < 4.78 is 10.6. The fraction of sp³-hybridized carbons (Fsp3) is 0.316. The van der Waals surface area contributed by atoms with Gasteiger partial charge in [0.2, 0.25) is 0 Å². The van der Waals surface area contributed by atoms with Gasteiger partial charge >= 0.3 is 5.97 Å². The highest BCUT2D eigenvalue weighted by Gasteiger charge is 2.30. The van der Waals surface area contributed by atoms with Gasteiger partial charge in [0.05, 0.1) is 7.11 Å². The second kappa shape index (κ2) is 7.29. The van der Waals surface area contributed by atoms with Crippen LogP contribution in [-0.4, -0.2) is 19.1 Å². The van der Waals surface area contributed by atoms with Crippen molar-refractivity contribution in [3.8, 4) is 5.75 Å². The largest absolute Gasteiger partial charge is 0.489 e. The van der Waals surface area contributed by atoms with E-state index in [4.69, 9.17) is 9.47 Å². The lowest BCUT2D eigenvalue weighted by Crippen LogP contribution is -2.33. The molecule has 120 valence electrons. The first-order valence-corrected chi connectivity index (χ1v) is 7.87. The van der Waals surface area contributed by atoms with Gasteiger partial charge in [0.1, 0.15) is 18.4 Å². The van der Waals surface area contributed by atoms with Gasteiger partial charge in [-0.1, -0.05) is 42.5 Å². The Morgan fingerprint density at radius 1 is 1.09 bits per heavy atom. The Kier molecular flexibility index (Phi) is 4.93. The molecule has 1 N–H and O–H groups in total. The summed E-state index contributed by atoms with van der Waals surface area (Å²) >= 11 is 0. The summed E-state index contributed by atoms with van der Waals surface area (Å²) in [4.78, 5) is 11.6. The molecule has 1 fully saturated rings. The molecule has 2 unspecified atom stereocenters. The van der Waals surface area contributed by atoms with E-state index in [0.29, 0.717) is 6.61 Å². The molecule has 1 aliphatic rings. The molecule has 2 aromatic rings. The van der Waals surface area contributed by atoms with Crippen molar-refractivity contribution in [3.05, 3.63) is 65.7 Å². The van der Waals surface area contributed by atoms with E-state index in [1.165, 1.54) is 12.7 Å². The van der Waals surface area contributed by atoms with Crippen LogP contribution in [0.4, 0.5) is 0 Å². The van der Waals surface area contributed by atoms with Gasteiger partial charge in [0.15, 0.2) is 0 Å². The lowest BCUT2D eigenvalue weighted by Gasteiger charge is -2.14. The predicted molar refractivity (Wildman–Crippen MR) is 88.1 cm³/mol. The summed E-state index contributed by atoms with van der Waals surface area (Å²) in [5.41, 5.74) is 2.32. The van der Waals surface area contributed by atoms with Crippen LogP contribution in [0.2, 0.25) is 0 Å². The lowest BCUT2D eigenvalue weighted by atomic mass is 10.1. The summed E-state index contributed by atoms with van der Waals surface area (Å²) in [7, 11) is 1.43. The number of benzene rings is 2. The predicted octanol–water partition coefficient (Wildman–Crippen LogP) is 3.23. The Bertz CT molecular complexity index is 639. The molecule has 0 aliphatic carbocycles. The second-order valence-corrected chi connectivity index (χ2v) is 5.72. The number of carbonyl (C=O) groups excluding carboxylic acids is 1. The summed E-state index contributed by atoms with van der Waals surface area (Å²) in [5, 5.41) is 3.32. The minimum atomic E-state index is -0.195. The first kappa shape index (κ1) is 15.6. The zero-order chi connectivity index (χ0) is 16.1. The first-order valence-electron chi connectivity index (χ1n) is 7.87. The van der Waals surface area contributed by atoms with E-state index in [2.05, 4.69) is 17.4 Å². The molecule has 2 atom stereocenters. The third-order valence-corrected chi connectivity index (χ3v) is 4.16. The van der Waals surface area contributed by atoms with Crippen molar-refractivity contribution in [1.29, 1.82) is 0 Å². The van der Waals surface area contributed by atoms with Crippen LogP contribution >= 0.6 is 0 Å². The minimum absolute atomic E-state index is 0.185. The molecular formula is C19H21NO3. The number of nitrogens with one attached hydrogen (secondary N) is 1. The van der Waals surface area contributed by atoms with E-state index in [1.807, 2.05) is 42.5 Å². The number of methoxy groups -OCH3 is 1. The van der Waals surface area contributed by atoms with Crippen LogP contribution in [0.3, 0.4) is 0 Å². The summed E-state index contributed by atoms with van der Waals surface area (Å²) in [6.45, 7) is 0.562. The van der Waals surface area contributed by atoms with Crippen molar-refractivity contribution >= 4 is 5.97 Å². The number of rotatable bonds is 5. The van der Waals surface area contributed by atoms with Crippen LogP contribution in [0, 0.1) is 0 Å². The summed E-state index contributed by atoms with van der Waals surface area (Å²) in [6, 6.07) is 18.2. The maximum Gasteiger partial charge on any atom is 0.322 e. The molecule has 4 heteroatoms. The molecule has 1 saturated heterocycles. The van der Waals surface area contributed by atoms with Crippen LogP contribution in [0.25, 0.3) is 0 Å². The van der Waals surface area contributed by atoms with Gasteiger partial charge in [-0.2, -0.15) is 0 Å². The van der Waals surface area contributed by atoms with Crippen LogP contribution in [0.15, 0.2) is 54.6 Å². The molecule has 23 heavy (non-hydrogen) atoms. The normalized spacial score (nSPS) is 20.2. The maximum atomic E-state index is 11.6. The smallest absolute Gasteiger partial charge is 0.322 e.